The summed E-state index contributed by atoms with van der Waals surface area (Å²) in [5.74, 6) is 2.83. The fourth-order valence-electron chi connectivity index (χ4n) is 2.43. The number of esters is 4. The highest BCUT2D eigenvalue weighted by atomic mass is 16.6. The van der Waals surface area contributed by atoms with Crippen molar-refractivity contribution in [3.05, 3.63) is 84.0 Å². The number of carbonyl (C=O) groups excluding carboxylic acids is 4. The first kappa shape index (κ1) is 29.3. The fraction of sp³-hybridized carbons (Fsp3) is 0.200. The van der Waals surface area contributed by atoms with Gasteiger partial charge in [-0.3, -0.25) is 4.79 Å². The molecule has 2 aromatic rings. The van der Waals surface area contributed by atoms with Crippen LogP contribution in [0.1, 0.15) is 45.7 Å². The third kappa shape index (κ3) is 8.35. The van der Waals surface area contributed by atoms with Crippen molar-refractivity contribution in [2.24, 2.45) is 5.92 Å². The van der Waals surface area contributed by atoms with E-state index in [1.165, 1.54) is 45.0 Å². The Labute approximate surface area is 221 Å². The van der Waals surface area contributed by atoms with E-state index in [9.17, 15) is 19.2 Å². The van der Waals surface area contributed by atoms with Crippen molar-refractivity contribution in [1.29, 1.82) is 0 Å². The Morgan fingerprint density at radius 1 is 0.605 bits per heavy atom. The lowest BCUT2D eigenvalue weighted by Crippen LogP contribution is -2.16. The first-order chi connectivity index (χ1) is 17.8. The van der Waals surface area contributed by atoms with Crippen molar-refractivity contribution >= 4 is 23.9 Å². The lowest BCUT2D eigenvalue weighted by molar-refractivity contribution is -0.138. The fourth-order valence-corrected chi connectivity index (χ4v) is 2.43. The first-order valence-electron chi connectivity index (χ1n) is 11.4. The predicted octanol–water partition coefficient (Wildman–Crippen LogP) is 5.09. The van der Waals surface area contributed by atoms with Crippen LogP contribution >= 0.6 is 0 Å². The summed E-state index contributed by atoms with van der Waals surface area (Å²) in [6.07, 6.45) is 0. The molecule has 0 saturated carbocycles. The van der Waals surface area contributed by atoms with E-state index in [0.29, 0.717) is 11.1 Å². The van der Waals surface area contributed by atoms with E-state index in [1.807, 2.05) is 0 Å². The molecular formula is C30H28O8. The zero-order chi connectivity index (χ0) is 28.6. The second-order valence-corrected chi connectivity index (χ2v) is 8.66. The van der Waals surface area contributed by atoms with Gasteiger partial charge in [-0.05, 0) is 45.0 Å². The smallest absolute Gasteiger partial charge is 0.338 e. The maximum Gasteiger partial charge on any atom is 0.338 e. The third-order valence-electron chi connectivity index (χ3n) is 4.57. The van der Waals surface area contributed by atoms with Crippen LogP contribution in [0.4, 0.5) is 0 Å². The SMILES string of the molecule is C=C(C)C(=O)Oc1ccc(C#Cc2ccc(OC(=O)C(=C)C)c(OC(=O)C(C)C)c2)cc1OC(=O)C(=C)C. The van der Waals surface area contributed by atoms with Crippen LogP contribution in [0.3, 0.4) is 0 Å². The van der Waals surface area contributed by atoms with E-state index in [0.717, 1.165) is 0 Å². The van der Waals surface area contributed by atoms with Crippen LogP contribution in [0.15, 0.2) is 72.9 Å². The Balaban J connectivity index is 2.46. The van der Waals surface area contributed by atoms with Crippen molar-refractivity contribution in [3.63, 3.8) is 0 Å². The molecule has 0 heterocycles. The topological polar surface area (TPSA) is 105 Å². The first-order valence-corrected chi connectivity index (χ1v) is 11.4. The van der Waals surface area contributed by atoms with Gasteiger partial charge in [0.1, 0.15) is 0 Å². The second-order valence-electron chi connectivity index (χ2n) is 8.66. The molecule has 0 saturated heterocycles. The zero-order valence-corrected chi connectivity index (χ0v) is 21.9. The van der Waals surface area contributed by atoms with Gasteiger partial charge in [0.15, 0.2) is 23.0 Å². The summed E-state index contributed by atoms with van der Waals surface area (Å²) >= 11 is 0. The molecule has 0 aliphatic rings. The van der Waals surface area contributed by atoms with Gasteiger partial charge in [0.05, 0.1) is 5.92 Å². The molecule has 0 aliphatic carbocycles. The highest BCUT2D eigenvalue weighted by Gasteiger charge is 2.18. The van der Waals surface area contributed by atoms with Crippen molar-refractivity contribution in [1.82, 2.24) is 0 Å². The Bertz CT molecular complexity index is 1400. The van der Waals surface area contributed by atoms with Crippen molar-refractivity contribution in [2.75, 3.05) is 0 Å². The Morgan fingerprint density at radius 2 is 0.947 bits per heavy atom. The van der Waals surface area contributed by atoms with Gasteiger partial charge in [-0.25, -0.2) is 14.4 Å². The predicted molar refractivity (Wildman–Crippen MR) is 141 cm³/mol. The number of ether oxygens (including phenoxy) is 4. The normalized spacial score (nSPS) is 9.95. The Kier molecular flexibility index (Phi) is 9.94. The van der Waals surface area contributed by atoms with Gasteiger partial charge in [0.2, 0.25) is 0 Å². The minimum atomic E-state index is -0.709. The van der Waals surface area contributed by atoms with Gasteiger partial charge < -0.3 is 18.9 Å². The lowest BCUT2D eigenvalue weighted by atomic mass is 10.1. The quantitative estimate of drug-likeness (QED) is 0.207. The molecule has 8 nitrogen and oxygen atoms in total. The second kappa shape index (κ2) is 12.9. The minimum absolute atomic E-state index is 0.00437. The third-order valence-corrected chi connectivity index (χ3v) is 4.57. The van der Waals surface area contributed by atoms with Gasteiger partial charge >= 0.3 is 23.9 Å². The van der Waals surface area contributed by atoms with Gasteiger partial charge in [-0.1, -0.05) is 45.4 Å². The van der Waals surface area contributed by atoms with Crippen molar-refractivity contribution in [2.45, 2.75) is 34.6 Å². The van der Waals surface area contributed by atoms with Crippen molar-refractivity contribution in [3.8, 4) is 34.8 Å². The molecule has 0 fully saturated rings. The summed E-state index contributed by atoms with van der Waals surface area (Å²) in [7, 11) is 0. The van der Waals surface area contributed by atoms with Gasteiger partial charge in [-0.2, -0.15) is 0 Å². The van der Waals surface area contributed by atoms with Crippen molar-refractivity contribution < 1.29 is 38.1 Å². The largest absolute Gasteiger partial charge is 0.422 e. The van der Waals surface area contributed by atoms with Crippen LogP contribution < -0.4 is 18.9 Å². The van der Waals surface area contributed by atoms with Crippen LogP contribution in [-0.2, 0) is 19.2 Å². The molecule has 38 heavy (non-hydrogen) atoms. The van der Waals surface area contributed by atoms with Crippen LogP contribution in [-0.4, -0.2) is 23.9 Å². The molecule has 2 aromatic carbocycles. The molecule has 0 unspecified atom stereocenters. The van der Waals surface area contributed by atoms with Crippen LogP contribution in [0.2, 0.25) is 0 Å². The van der Waals surface area contributed by atoms with Gasteiger partial charge in [0, 0.05) is 40.0 Å². The molecule has 0 amide bonds. The van der Waals surface area contributed by atoms with Crippen LogP contribution in [0.5, 0.6) is 23.0 Å². The lowest BCUT2D eigenvalue weighted by Gasteiger charge is -2.12. The van der Waals surface area contributed by atoms with E-state index in [1.54, 1.807) is 26.0 Å². The van der Waals surface area contributed by atoms with Crippen LogP contribution in [0.25, 0.3) is 0 Å². The molecule has 0 N–H and O–H groups in total. The summed E-state index contributed by atoms with van der Waals surface area (Å²) in [4.78, 5) is 48.3. The van der Waals surface area contributed by atoms with E-state index in [-0.39, 0.29) is 39.7 Å². The number of benzene rings is 2. The monoisotopic (exact) mass is 516 g/mol. The maximum absolute atomic E-state index is 12.2. The molecular weight excluding hydrogens is 488 g/mol. The van der Waals surface area contributed by atoms with Gasteiger partial charge in [0.25, 0.3) is 0 Å². The van der Waals surface area contributed by atoms with E-state index >= 15 is 0 Å². The Hall–Kier alpha value is -4.90. The van der Waals surface area contributed by atoms with Gasteiger partial charge in [-0.15, -0.1) is 0 Å². The molecule has 8 heteroatoms. The highest BCUT2D eigenvalue weighted by Crippen LogP contribution is 2.31. The summed E-state index contributed by atoms with van der Waals surface area (Å²) in [5.41, 5.74) is 1.34. The van der Waals surface area contributed by atoms with Crippen LogP contribution in [0, 0.1) is 17.8 Å². The summed E-state index contributed by atoms with van der Waals surface area (Å²) in [6, 6.07) is 8.91. The average Bonchev–Trinajstić information content (AvgIpc) is 2.84. The minimum Gasteiger partial charge on any atom is -0.422 e. The maximum atomic E-state index is 12.2. The number of carbonyl (C=O) groups is 4. The number of hydrogen-bond donors (Lipinski definition) is 0. The molecule has 0 spiro atoms. The molecule has 0 radical (unpaired) electrons. The molecule has 2 rings (SSSR count). The zero-order valence-electron chi connectivity index (χ0n) is 21.9. The molecule has 196 valence electrons. The number of hydrogen-bond acceptors (Lipinski definition) is 8. The average molecular weight is 517 g/mol. The summed E-state index contributed by atoms with van der Waals surface area (Å²) in [5, 5.41) is 0. The summed E-state index contributed by atoms with van der Waals surface area (Å²) in [6.45, 7) is 18.4. The van der Waals surface area contributed by atoms with E-state index < -0.39 is 29.8 Å². The number of rotatable bonds is 8. The molecule has 0 atom stereocenters. The highest BCUT2D eigenvalue weighted by molar-refractivity contribution is 5.91. The van der Waals surface area contributed by atoms with E-state index in [4.69, 9.17) is 18.9 Å². The summed E-state index contributed by atoms with van der Waals surface area (Å²) < 4.78 is 21.2. The standard InChI is InChI=1S/C30H28O8/c1-17(2)27(31)35-23-13-11-21(15-25(23)37-29(33)19(5)6)9-10-22-12-14-24(36-28(32)18(3)4)26(16-22)38-30(34)20(7)8/h11-16,20H,1,3,5H2,2,4,6-8H3. The molecule has 0 aromatic heterocycles. The molecule has 0 aliphatic heterocycles. The molecule has 0 bridgehead atoms. The van der Waals surface area contributed by atoms with E-state index in [2.05, 4.69) is 31.6 Å². The Morgan fingerprint density at radius 3 is 1.29 bits per heavy atom.